The van der Waals surface area contributed by atoms with E-state index in [9.17, 15) is 9.59 Å². The number of benzene rings is 1. The van der Waals surface area contributed by atoms with Crippen molar-refractivity contribution in [1.29, 1.82) is 0 Å². The molecule has 1 spiro atoms. The second-order valence-corrected chi connectivity index (χ2v) is 7.69. The number of methoxy groups -OCH3 is 1. The van der Waals surface area contributed by atoms with Crippen LogP contribution < -0.4 is 4.90 Å². The summed E-state index contributed by atoms with van der Waals surface area (Å²) in [6.45, 7) is 4.78. The summed E-state index contributed by atoms with van der Waals surface area (Å²) < 4.78 is 10.5. The molecule has 2 atom stereocenters. The topological polar surface area (TPSA) is 55.8 Å². The fraction of sp³-hybridized carbons (Fsp3) is 0.600. The van der Waals surface area contributed by atoms with Gasteiger partial charge < -0.3 is 14.4 Å². The Morgan fingerprint density at radius 1 is 1.40 bits per heavy atom. The van der Waals surface area contributed by atoms with Gasteiger partial charge in [-0.15, -0.1) is 0 Å². The van der Waals surface area contributed by atoms with Gasteiger partial charge in [-0.25, -0.2) is 0 Å². The van der Waals surface area contributed by atoms with E-state index in [4.69, 9.17) is 9.47 Å². The summed E-state index contributed by atoms with van der Waals surface area (Å²) >= 11 is 0. The van der Waals surface area contributed by atoms with Crippen molar-refractivity contribution in [3.05, 3.63) is 28.8 Å². The van der Waals surface area contributed by atoms with Crippen LogP contribution in [0.25, 0.3) is 0 Å². The van der Waals surface area contributed by atoms with Crippen molar-refractivity contribution < 1.29 is 19.1 Å². The molecule has 134 valence electrons. The normalized spacial score (nSPS) is 26.7. The quantitative estimate of drug-likeness (QED) is 0.792. The Balaban J connectivity index is 1.79. The van der Waals surface area contributed by atoms with Crippen LogP contribution >= 0.6 is 0 Å². The van der Waals surface area contributed by atoms with Gasteiger partial charge in [0, 0.05) is 18.3 Å². The maximum Gasteiger partial charge on any atom is 0.309 e. The van der Waals surface area contributed by atoms with Crippen molar-refractivity contribution >= 4 is 17.6 Å². The highest BCUT2D eigenvalue weighted by molar-refractivity contribution is 6.11. The van der Waals surface area contributed by atoms with Crippen LogP contribution in [0.1, 0.15) is 49.3 Å². The Morgan fingerprint density at radius 2 is 2.16 bits per heavy atom. The standard InChI is InChI=1S/C20H25NO4/c1-12-8-14(11-17(22)24-3)18-16(9-12)21(19(23)20(18)5-6-20)15-4-7-25-13(2)10-15/h8-9,13,15H,4-7,10-11H2,1-3H3/t13-,15-/m0/s1. The van der Waals surface area contributed by atoms with Crippen molar-refractivity contribution in [3.63, 3.8) is 0 Å². The third-order valence-electron chi connectivity index (χ3n) is 5.84. The third-order valence-corrected chi connectivity index (χ3v) is 5.84. The zero-order valence-corrected chi connectivity index (χ0v) is 15.1. The molecule has 25 heavy (non-hydrogen) atoms. The van der Waals surface area contributed by atoms with Crippen LogP contribution in [0.4, 0.5) is 5.69 Å². The molecule has 1 aromatic rings. The number of nitrogens with zero attached hydrogens (tertiary/aromatic N) is 1. The second kappa shape index (κ2) is 5.84. The number of anilines is 1. The lowest BCUT2D eigenvalue weighted by Gasteiger charge is -2.35. The molecule has 1 saturated carbocycles. The van der Waals surface area contributed by atoms with Crippen molar-refractivity contribution in [1.82, 2.24) is 0 Å². The van der Waals surface area contributed by atoms with Gasteiger partial charge in [-0.3, -0.25) is 9.59 Å². The molecule has 2 fully saturated rings. The predicted octanol–water partition coefficient (Wildman–Crippen LogP) is 2.66. The molecule has 0 radical (unpaired) electrons. The van der Waals surface area contributed by atoms with Crippen LogP contribution in [-0.2, 0) is 30.9 Å². The molecule has 1 aliphatic carbocycles. The fourth-order valence-electron chi connectivity index (χ4n) is 4.56. The third kappa shape index (κ3) is 2.56. The van der Waals surface area contributed by atoms with Gasteiger partial charge in [-0.05, 0) is 62.3 Å². The number of rotatable bonds is 3. The largest absolute Gasteiger partial charge is 0.469 e. The lowest BCUT2D eigenvalue weighted by molar-refractivity contribution is -0.139. The minimum Gasteiger partial charge on any atom is -0.469 e. The van der Waals surface area contributed by atoms with E-state index < -0.39 is 5.41 Å². The molecule has 0 aromatic heterocycles. The van der Waals surface area contributed by atoms with Crippen molar-refractivity contribution in [2.24, 2.45) is 0 Å². The molecule has 5 nitrogen and oxygen atoms in total. The van der Waals surface area contributed by atoms with Crippen LogP contribution in [-0.4, -0.2) is 37.7 Å². The van der Waals surface area contributed by atoms with E-state index in [0.29, 0.717) is 6.61 Å². The molecule has 3 aliphatic rings. The molecule has 0 N–H and O–H groups in total. The lowest BCUT2D eigenvalue weighted by Crippen LogP contribution is -2.45. The van der Waals surface area contributed by atoms with E-state index in [-0.39, 0.29) is 30.4 Å². The summed E-state index contributed by atoms with van der Waals surface area (Å²) in [6.07, 6.45) is 3.89. The average Bonchev–Trinajstić information content (AvgIpc) is 3.31. The van der Waals surface area contributed by atoms with Crippen LogP contribution in [0.5, 0.6) is 0 Å². The number of aryl methyl sites for hydroxylation is 1. The highest BCUT2D eigenvalue weighted by Crippen LogP contribution is 2.59. The summed E-state index contributed by atoms with van der Waals surface area (Å²) in [5, 5.41) is 0. The molecule has 4 rings (SSSR count). The SMILES string of the molecule is COC(=O)Cc1cc(C)cc2c1C1(CC1)C(=O)N2[C@H]1CCO[C@@H](C)C1. The molecule has 5 heteroatoms. The number of hydrogen-bond donors (Lipinski definition) is 0. The van der Waals surface area contributed by atoms with E-state index in [1.165, 1.54) is 7.11 Å². The van der Waals surface area contributed by atoms with Crippen LogP contribution in [0.15, 0.2) is 12.1 Å². The van der Waals surface area contributed by atoms with Gasteiger partial charge in [0.25, 0.3) is 0 Å². The summed E-state index contributed by atoms with van der Waals surface area (Å²) in [5.41, 5.74) is 3.73. The summed E-state index contributed by atoms with van der Waals surface area (Å²) in [4.78, 5) is 27.3. The van der Waals surface area contributed by atoms with Gasteiger partial charge in [-0.2, -0.15) is 0 Å². The van der Waals surface area contributed by atoms with Crippen LogP contribution in [0.2, 0.25) is 0 Å². The van der Waals surface area contributed by atoms with Gasteiger partial charge in [0.1, 0.15) is 0 Å². The van der Waals surface area contributed by atoms with Crippen molar-refractivity contribution in [2.45, 2.75) is 63.5 Å². The zero-order valence-electron chi connectivity index (χ0n) is 15.1. The highest BCUT2D eigenvalue weighted by Gasteiger charge is 2.61. The minimum atomic E-state index is -0.395. The Morgan fingerprint density at radius 3 is 2.80 bits per heavy atom. The average molecular weight is 343 g/mol. The number of fused-ring (bicyclic) bond motifs is 2. The first-order valence-electron chi connectivity index (χ1n) is 9.12. The number of hydrogen-bond acceptors (Lipinski definition) is 4. The number of carbonyl (C=O) groups is 2. The van der Waals surface area contributed by atoms with Gasteiger partial charge >= 0.3 is 5.97 Å². The van der Waals surface area contributed by atoms with E-state index in [1.54, 1.807) is 0 Å². The summed E-state index contributed by atoms with van der Waals surface area (Å²) in [7, 11) is 1.41. The molecule has 1 amide bonds. The van der Waals surface area contributed by atoms with Crippen LogP contribution in [0, 0.1) is 6.92 Å². The molecular formula is C20H25NO4. The second-order valence-electron chi connectivity index (χ2n) is 7.69. The number of carbonyl (C=O) groups excluding carboxylic acids is 2. The molecule has 1 aromatic carbocycles. The number of ether oxygens (including phenoxy) is 2. The van der Waals surface area contributed by atoms with E-state index >= 15 is 0 Å². The predicted molar refractivity (Wildman–Crippen MR) is 93.7 cm³/mol. The smallest absolute Gasteiger partial charge is 0.309 e. The van der Waals surface area contributed by atoms with E-state index in [1.807, 2.05) is 17.9 Å². The summed E-state index contributed by atoms with van der Waals surface area (Å²) in [5.74, 6) is -0.0347. The number of amides is 1. The van der Waals surface area contributed by atoms with E-state index in [0.717, 1.165) is 48.1 Å². The van der Waals surface area contributed by atoms with Gasteiger partial charge in [-0.1, -0.05) is 6.07 Å². The summed E-state index contributed by atoms with van der Waals surface area (Å²) in [6, 6.07) is 4.34. The Labute approximate surface area is 148 Å². The Bertz CT molecular complexity index is 737. The van der Waals surface area contributed by atoms with Crippen LogP contribution in [0.3, 0.4) is 0 Å². The monoisotopic (exact) mass is 343 g/mol. The number of esters is 1. The van der Waals surface area contributed by atoms with Gasteiger partial charge in [0.2, 0.25) is 5.91 Å². The Kier molecular flexibility index (Phi) is 3.87. The zero-order chi connectivity index (χ0) is 17.8. The fourth-order valence-corrected chi connectivity index (χ4v) is 4.56. The molecule has 2 aliphatic heterocycles. The highest BCUT2D eigenvalue weighted by atomic mass is 16.5. The minimum absolute atomic E-state index is 0.171. The maximum atomic E-state index is 13.3. The van der Waals surface area contributed by atoms with Gasteiger partial charge in [0.15, 0.2) is 0 Å². The van der Waals surface area contributed by atoms with Gasteiger partial charge in [0.05, 0.1) is 25.0 Å². The molecule has 0 unspecified atom stereocenters. The molecule has 1 saturated heterocycles. The van der Waals surface area contributed by atoms with Crippen molar-refractivity contribution in [2.75, 3.05) is 18.6 Å². The lowest BCUT2D eigenvalue weighted by atomic mass is 9.90. The molecule has 0 bridgehead atoms. The maximum absolute atomic E-state index is 13.3. The van der Waals surface area contributed by atoms with Crippen molar-refractivity contribution in [3.8, 4) is 0 Å². The molecule has 2 heterocycles. The van der Waals surface area contributed by atoms with E-state index in [2.05, 4.69) is 13.0 Å². The first kappa shape index (κ1) is 16.6. The first-order chi connectivity index (χ1) is 12.0. The molecular weight excluding hydrogens is 318 g/mol. The Hall–Kier alpha value is -1.88. The first-order valence-corrected chi connectivity index (χ1v) is 9.12.